The molecule has 0 saturated heterocycles. The fourth-order valence-corrected chi connectivity index (χ4v) is 5.26. The van der Waals surface area contributed by atoms with Gasteiger partial charge in [-0.2, -0.15) is 0 Å². The number of methoxy groups -OCH3 is 1. The summed E-state index contributed by atoms with van der Waals surface area (Å²) >= 11 is 8.83. The lowest BCUT2D eigenvalue weighted by molar-refractivity contribution is -0.113. The molecule has 1 aliphatic rings. The molecule has 0 saturated carbocycles. The summed E-state index contributed by atoms with van der Waals surface area (Å²) in [4.78, 5) is 31.1. The highest BCUT2D eigenvalue weighted by Crippen LogP contribution is 2.30. The third-order valence-electron chi connectivity index (χ3n) is 4.70. The van der Waals surface area contributed by atoms with E-state index in [1.807, 2.05) is 30.3 Å². The van der Waals surface area contributed by atoms with Crippen molar-refractivity contribution in [2.24, 2.45) is 0 Å². The highest BCUT2D eigenvalue weighted by Gasteiger charge is 2.22. The van der Waals surface area contributed by atoms with E-state index in [0.29, 0.717) is 33.1 Å². The Kier molecular flexibility index (Phi) is 6.89. The molecule has 1 aliphatic heterocycles. The Hall–Kier alpha value is -2.42. The van der Waals surface area contributed by atoms with Gasteiger partial charge in [-0.1, -0.05) is 53.7 Å². The molecule has 0 fully saturated rings. The number of aromatic nitrogens is 2. The van der Waals surface area contributed by atoms with Crippen LogP contribution in [0, 0.1) is 0 Å². The van der Waals surface area contributed by atoms with Crippen molar-refractivity contribution in [1.29, 1.82) is 0 Å². The lowest BCUT2D eigenvalue weighted by atomic mass is 10.2. The summed E-state index contributed by atoms with van der Waals surface area (Å²) in [7, 11) is 1.53. The van der Waals surface area contributed by atoms with Crippen LogP contribution in [0.3, 0.4) is 0 Å². The van der Waals surface area contributed by atoms with Crippen LogP contribution in [0.5, 0.6) is 5.75 Å². The average Bonchev–Trinajstić information content (AvgIpc) is 3.24. The minimum Gasteiger partial charge on any atom is -0.495 e. The molecule has 1 aromatic heterocycles. The SMILES string of the molecule is COc1ccc(Cl)cc1NC(=O)CSc1nc2c(c(=O)n1Cc1ccccc1)SCC2. The molecule has 6 nitrogen and oxygen atoms in total. The number of hydrogen-bond donors (Lipinski definition) is 1. The van der Waals surface area contributed by atoms with Crippen LogP contribution in [0.2, 0.25) is 5.02 Å². The number of aryl methyl sites for hydroxylation is 1. The molecule has 31 heavy (non-hydrogen) atoms. The number of rotatable bonds is 7. The molecule has 2 aromatic carbocycles. The minimum atomic E-state index is -0.235. The van der Waals surface area contributed by atoms with E-state index in [0.717, 1.165) is 23.4 Å². The van der Waals surface area contributed by atoms with Gasteiger partial charge in [0.1, 0.15) is 5.75 Å². The predicted molar refractivity (Wildman–Crippen MR) is 126 cm³/mol. The summed E-state index contributed by atoms with van der Waals surface area (Å²) in [6.45, 7) is 0.409. The zero-order valence-corrected chi connectivity index (χ0v) is 19.1. The van der Waals surface area contributed by atoms with E-state index in [1.54, 1.807) is 34.5 Å². The molecule has 0 bridgehead atoms. The summed E-state index contributed by atoms with van der Waals surface area (Å²) in [6, 6.07) is 14.8. The average molecular weight is 474 g/mol. The van der Waals surface area contributed by atoms with Gasteiger partial charge in [-0.3, -0.25) is 14.2 Å². The molecular formula is C22H20ClN3O3S2. The van der Waals surface area contributed by atoms with E-state index in [2.05, 4.69) is 5.32 Å². The lowest BCUT2D eigenvalue weighted by Crippen LogP contribution is -2.26. The van der Waals surface area contributed by atoms with Gasteiger partial charge in [-0.15, -0.1) is 11.8 Å². The third kappa shape index (κ3) is 5.08. The number of carbonyl (C=O) groups excluding carboxylic acids is 1. The fraction of sp³-hybridized carbons (Fsp3) is 0.227. The first kappa shape index (κ1) is 21.8. The Morgan fingerprint density at radius 3 is 2.87 bits per heavy atom. The Balaban J connectivity index is 1.55. The van der Waals surface area contributed by atoms with Crippen molar-refractivity contribution in [3.05, 3.63) is 75.2 Å². The molecule has 1 amide bonds. The Morgan fingerprint density at radius 2 is 2.10 bits per heavy atom. The van der Waals surface area contributed by atoms with Crippen molar-refractivity contribution in [1.82, 2.24) is 9.55 Å². The van der Waals surface area contributed by atoms with Crippen LogP contribution in [0.25, 0.3) is 0 Å². The van der Waals surface area contributed by atoms with Crippen LogP contribution in [0.4, 0.5) is 5.69 Å². The molecule has 0 radical (unpaired) electrons. The van der Waals surface area contributed by atoms with Gasteiger partial charge in [0.25, 0.3) is 5.56 Å². The van der Waals surface area contributed by atoms with E-state index in [9.17, 15) is 9.59 Å². The summed E-state index contributed by atoms with van der Waals surface area (Å²) in [6.07, 6.45) is 0.765. The molecule has 9 heteroatoms. The summed E-state index contributed by atoms with van der Waals surface area (Å²) in [5.74, 6) is 1.24. The van der Waals surface area contributed by atoms with E-state index in [1.165, 1.54) is 18.9 Å². The van der Waals surface area contributed by atoms with E-state index >= 15 is 0 Å². The minimum absolute atomic E-state index is 0.0456. The van der Waals surface area contributed by atoms with Crippen molar-refractivity contribution in [2.45, 2.75) is 23.0 Å². The summed E-state index contributed by atoms with van der Waals surface area (Å²) in [5, 5.41) is 3.86. The van der Waals surface area contributed by atoms with Gasteiger partial charge in [-0.05, 0) is 23.8 Å². The number of halogens is 1. The highest BCUT2D eigenvalue weighted by molar-refractivity contribution is 8.00. The topological polar surface area (TPSA) is 73.2 Å². The second kappa shape index (κ2) is 9.80. The van der Waals surface area contributed by atoms with Crippen molar-refractivity contribution >= 4 is 46.7 Å². The van der Waals surface area contributed by atoms with Gasteiger partial charge in [0.05, 0.1) is 35.7 Å². The maximum absolute atomic E-state index is 13.1. The smallest absolute Gasteiger partial charge is 0.268 e. The zero-order chi connectivity index (χ0) is 21.8. The van der Waals surface area contributed by atoms with Crippen molar-refractivity contribution in [2.75, 3.05) is 23.9 Å². The number of carbonyl (C=O) groups is 1. The summed E-state index contributed by atoms with van der Waals surface area (Å²) < 4.78 is 6.93. The van der Waals surface area contributed by atoms with Crippen molar-refractivity contribution in [3.8, 4) is 5.75 Å². The molecule has 1 N–H and O–H groups in total. The standard InChI is InChI=1S/C22H20ClN3O3S2/c1-29-18-8-7-15(23)11-17(18)24-19(27)13-31-22-25-16-9-10-30-20(16)21(28)26(22)12-14-5-3-2-4-6-14/h2-8,11H,9-10,12-13H2,1H3,(H,24,27). The molecule has 0 spiro atoms. The van der Waals surface area contributed by atoms with Gasteiger partial charge in [0, 0.05) is 17.2 Å². The number of nitrogens with one attached hydrogen (secondary N) is 1. The first-order valence-electron chi connectivity index (χ1n) is 9.62. The maximum atomic E-state index is 13.1. The number of amides is 1. The van der Waals surface area contributed by atoms with E-state index in [-0.39, 0.29) is 17.2 Å². The van der Waals surface area contributed by atoms with Gasteiger partial charge in [0.15, 0.2) is 5.16 Å². The molecule has 0 aliphatic carbocycles. The van der Waals surface area contributed by atoms with Crippen LogP contribution in [0.1, 0.15) is 11.3 Å². The largest absolute Gasteiger partial charge is 0.495 e. The highest BCUT2D eigenvalue weighted by atomic mass is 35.5. The lowest BCUT2D eigenvalue weighted by Gasteiger charge is -2.14. The number of benzene rings is 2. The molecular weight excluding hydrogens is 454 g/mol. The monoisotopic (exact) mass is 473 g/mol. The first-order chi connectivity index (χ1) is 15.0. The predicted octanol–water partition coefficient (Wildman–Crippen LogP) is 4.33. The van der Waals surface area contributed by atoms with E-state index < -0.39 is 0 Å². The second-order valence-electron chi connectivity index (χ2n) is 6.83. The van der Waals surface area contributed by atoms with Crippen LogP contribution in [-0.4, -0.2) is 34.1 Å². The molecule has 2 heterocycles. The first-order valence-corrected chi connectivity index (χ1v) is 12.0. The molecule has 3 aromatic rings. The van der Waals surface area contributed by atoms with Gasteiger partial charge in [-0.25, -0.2) is 4.98 Å². The van der Waals surface area contributed by atoms with Gasteiger partial charge in [0.2, 0.25) is 5.91 Å². The van der Waals surface area contributed by atoms with Crippen LogP contribution in [0.15, 0.2) is 63.4 Å². The number of ether oxygens (including phenoxy) is 1. The van der Waals surface area contributed by atoms with Crippen LogP contribution < -0.4 is 15.6 Å². The summed E-state index contributed by atoms with van der Waals surface area (Å²) in [5.41, 5.74) is 2.28. The molecule has 0 atom stereocenters. The van der Waals surface area contributed by atoms with E-state index in [4.69, 9.17) is 21.3 Å². The van der Waals surface area contributed by atoms with Crippen LogP contribution >= 0.6 is 35.1 Å². The molecule has 4 rings (SSSR count). The Labute approximate surface area is 193 Å². The zero-order valence-electron chi connectivity index (χ0n) is 16.8. The Bertz CT molecular complexity index is 1170. The quantitative estimate of drug-likeness (QED) is 0.406. The fourth-order valence-electron chi connectivity index (χ4n) is 3.23. The number of fused-ring (bicyclic) bond motifs is 1. The van der Waals surface area contributed by atoms with Gasteiger partial charge >= 0.3 is 0 Å². The Morgan fingerprint density at radius 1 is 1.29 bits per heavy atom. The third-order valence-corrected chi connectivity index (χ3v) is 7.02. The van der Waals surface area contributed by atoms with Crippen LogP contribution in [-0.2, 0) is 17.8 Å². The number of nitrogens with zero attached hydrogens (tertiary/aromatic N) is 2. The van der Waals surface area contributed by atoms with Crippen molar-refractivity contribution < 1.29 is 9.53 Å². The number of anilines is 1. The number of thioether (sulfide) groups is 2. The molecule has 0 unspecified atom stereocenters. The van der Waals surface area contributed by atoms with Crippen molar-refractivity contribution in [3.63, 3.8) is 0 Å². The normalized spacial score (nSPS) is 12.5. The number of hydrogen-bond acceptors (Lipinski definition) is 6. The maximum Gasteiger partial charge on any atom is 0.268 e. The molecule has 160 valence electrons. The second-order valence-corrected chi connectivity index (χ2v) is 9.31. The van der Waals surface area contributed by atoms with Gasteiger partial charge < -0.3 is 10.1 Å².